The van der Waals surface area contributed by atoms with Crippen molar-refractivity contribution in [2.24, 2.45) is 0 Å². The summed E-state index contributed by atoms with van der Waals surface area (Å²) >= 11 is 5.52. The van der Waals surface area contributed by atoms with Crippen molar-refractivity contribution in [1.82, 2.24) is 5.32 Å². The Hall–Kier alpha value is -1.62. The van der Waals surface area contributed by atoms with Gasteiger partial charge in [0.05, 0.1) is 17.2 Å². The molecule has 0 bridgehead atoms. The molecule has 0 heterocycles. The molecule has 6 heteroatoms. The first-order chi connectivity index (χ1) is 8.06. The molecule has 92 valence electrons. The lowest BCUT2D eigenvalue weighted by Crippen LogP contribution is -2.31. The number of nitrogens with one attached hydrogen (secondary N) is 1. The van der Waals surface area contributed by atoms with E-state index in [9.17, 15) is 14.0 Å². The lowest BCUT2D eigenvalue weighted by molar-refractivity contribution is -0.141. The Morgan fingerprint density at radius 3 is 2.82 bits per heavy atom. The molecule has 0 aliphatic carbocycles. The summed E-state index contributed by atoms with van der Waals surface area (Å²) in [6.45, 7) is 1.56. The molecular formula is C11H11ClFNO3. The van der Waals surface area contributed by atoms with Crippen molar-refractivity contribution in [2.45, 2.75) is 6.92 Å². The van der Waals surface area contributed by atoms with Gasteiger partial charge in [-0.2, -0.15) is 0 Å². The number of esters is 1. The SMILES string of the molecule is CCOC(=O)CNC(=O)c1cccc(Cl)c1F. The van der Waals surface area contributed by atoms with Crippen LogP contribution in [0.5, 0.6) is 0 Å². The van der Waals surface area contributed by atoms with Crippen LogP contribution in [0.2, 0.25) is 5.02 Å². The van der Waals surface area contributed by atoms with Gasteiger partial charge in [-0.3, -0.25) is 9.59 Å². The minimum Gasteiger partial charge on any atom is -0.465 e. The van der Waals surface area contributed by atoms with Gasteiger partial charge in [0.15, 0.2) is 5.82 Å². The molecule has 0 saturated carbocycles. The van der Waals surface area contributed by atoms with Crippen LogP contribution in [0.1, 0.15) is 17.3 Å². The van der Waals surface area contributed by atoms with Gasteiger partial charge in [0, 0.05) is 0 Å². The molecule has 0 aliphatic rings. The maximum Gasteiger partial charge on any atom is 0.325 e. The van der Waals surface area contributed by atoms with Crippen LogP contribution in [-0.2, 0) is 9.53 Å². The Morgan fingerprint density at radius 1 is 1.47 bits per heavy atom. The molecule has 0 radical (unpaired) electrons. The third kappa shape index (κ3) is 3.71. The number of hydrogen-bond donors (Lipinski definition) is 1. The van der Waals surface area contributed by atoms with Gasteiger partial charge in [-0.05, 0) is 19.1 Å². The van der Waals surface area contributed by atoms with Crippen LogP contribution in [0, 0.1) is 5.82 Å². The highest BCUT2D eigenvalue weighted by molar-refractivity contribution is 6.31. The van der Waals surface area contributed by atoms with Crippen molar-refractivity contribution in [3.63, 3.8) is 0 Å². The zero-order valence-corrected chi connectivity index (χ0v) is 9.88. The molecule has 4 nitrogen and oxygen atoms in total. The fraction of sp³-hybridized carbons (Fsp3) is 0.273. The molecule has 1 aromatic rings. The highest BCUT2D eigenvalue weighted by Gasteiger charge is 2.14. The summed E-state index contributed by atoms with van der Waals surface area (Å²) in [5, 5.41) is 2.09. The Balaban J connectivity index is 2.64. The lowest BCUT2D eigenvalue weighted by Gasteiger charge is -2.06. The van der Waals surface area contributed by atoms with E-state index in [0.717, 1.165) is 0 Å². The number of hydrogen-bond acceptors (Lipinski definition) is 3. The number of rotatable bonds is 4. The summed E-state index contributed by atoms with van der Waals surface area (Å²) < 4.78 is 18.0. The molecular weight excluding hydrogens is 249 g/mol. The molecule has 0 aromatic heterocycles. The average Bonchev–Trinajstić information content (AvgIpc) is 2.30. The highest BCUT2D eigenvalue weighted by atomic mass is 35.5. The van der Waals surface area contributed by atoms with Crippen LogP contribution >= 0.6 is 11.6 Å². The van der Waals surface area contributed by atoms with Crippen LogP contribution < -0.4 is 5.32 Å². The molecule has 0 unspecified atom stereocenters. The highest BCUT2D eigenvalue weighted by Crippen LogP contribution is 2.17. The lowest BCUT2D eigenvalue weighted by atomic mass is 10.2. The first-order valence-electron chi connectivity index (χ1n) is 4.94. The first-order valence-corrected chi connectivity index (χ1v) is 5.32. The summed E-state index contributed by atoms with van der Waals surface area (Å²) in [5.74, 6) is -2.10. The smallest absolute Gasteiger partial charge is 0.325 e. The Morgan fingerprint density at radius 2 is 2.18 bits per heavy atom. The Labute approximate surface area is 103 Å². The summed E-state index contributed by atoms with van der Waals surface area (Å²) in [6, 6.07) is 4.06. The third-order valence-electron chi connectivity index (χ3n) is 1.89. The van der Waals surface area contributed by atoms with Crippen molar-refractivity contribution in [1.29, 1.82) is 0 Å². The van der Waals surface area contributed by atoms with Crippen LogP contribution in [0.15, 0.2) is 18.2 Å². The molecule has 0 spiro atoms. The van der Waals surface area contributed by atoms with Crippen LogP contribution in [0.4, 0.5) is 4.39 Å². The van der Waals surface area contributed by atoms with E-state index in [1.165, 1.54) is 18.2 Å². The summed E-state index contributed by atoms with van der Waals surface area (Å²) in [7, 11) is 0. The molecule has 0 atom stereocenters. The molecule has 0 saturated heterocycles. The second-order valence-electron chi connectivity index (χ2n) is 3.09. The van der Waals surface area contributed by atoms with Crippen LogP contribution in [0.25, 0.3) is 0 Å². The number of carbonyl (C=O) groups is 2. The van der Waals surface area contributed by atoms with Gasteiger partial charge in [-0.15, -0.1) is 0 Å². The number of carbonyl (C=O) groups excluding carboxylic acids is 2. The molecule has 0 fully saturated rings. The number of halogens is 2. The molecule has 1 amide bonds. The maximum absolute atomic E-state index is 13.4. The van der Waals surface area contributed by atoms with Crippen molar-refractivity contribution < 1.29 is 18.7 Å². The van der Waals surface area contributed by atoms with Crippen molar-refractivity contribution >= 4 is 23.5 Å². The van der Waals surface area contributed by atoms with E-state index in [4.69, 9.17) is 11.6 Å². The van der Waals surface area contributed by atoms with E-state index < -0.39 is 17.7 Å². The third-order valence-corrected chi connectivity index (χ3v) is 2.19. The van der Waals surface area contributed by atoms with E-state index >= 15 is 0 Å². The fourth-order valence-electron chi connectivity index (χ4n) is 1.14. The van der Waals surface area contributed by atoms with Crippen molar-refractivity contribution in [2.75, 3.05) is 13.2 Å². The maximum atomic E-state index is 13.4. The topological polar surface area (TPSA) is 55.4 Å². The van der Waals surface area contributed by atoms with Gasteiger partial charge >= 0.3 is 5.97 Å². The van der Waals surface area contributed by atoms with Crippen LogP contribution in [0.3, 0.4) is 0 Å². The minimum absolute atomic E-state index is 0.145. The average molecular weight is 260 g/mol. The van der Waals surface area contributed by atoms with E-state index in [0.29, 0.717) is 0 Å². The van der Waals surface area contributed by atoms with Crippen LogP contribution in [-0.4, -0.2) is 25.0 Å². The van der Waals surface area contributed by atoms with Crippen molar-refractivity contribution in [3.8, 4) is 0 Å². The minimum atomic E-state index is -0.810. The molecule has 1 rings (SSSR count). The summed E-state index contributed by atoms with van der Waals surface area (Å²) in [4.78, 5) is 22.5. The van der Waals surface area contributed by atoms with E-state index in [1.807, 2.05) is 0 Å². The summed E-state index contributed by atoms with van der Waals surface area (Å²) in [6.07, 6.45) is 0. The largest absolute Gasteiger partial charge is 0.465 e. The van der Waals surface area contributed by atoms with Gasteiger partial charge in [0.1, 0.15) is 6.54 Å². The second-order valence-corrected chi connectivity index (χ2v) is 3.50. The monoisotopic (exact) mass is 259 g/mol. The predicted octanol–water partition coefficient (Wildman–Crippen LogP) is 1.77. The number of amides is 1. The molecule has 1 N–H and O–H groups in total. The van der Waals surface area contributed by atoms with E-state index in [1.54, 1.807) is 6.92 Å². The molecule has 1 aromatic carbocycles. The number of ether oxygens (including phenoxy) is 1. The van der Waals surface area contributed by atoms with E-state index in [-0.39, 0.29) is 23.7 Å². The zero-order chi connectivity index (χ0) is 12.8. The fourth-order valence-corrected chi connectivity index (χ4v) is 1.31. The Bertz CT molecular complexity index is 437. The number of benzene rings is 1. The first kappa shape index (κ1) is 13.4. The quantitative estimate of drug-likeness (QED) is 0.839. The van der Waals surface area contributed by atoms with Gasteiger partial charge < -0.3 is 10.1 Å². The predicted molar refractivity (Wildman–Crippen MR) is 60.4 cm³/mol. The second kappa shape index (κ2) is 6.20. The van der Waals surface area contributed by atoms with Gasteiger partial charge in [0.25, 0.3) is 5.91 Å². The van der Waals surface area contributed by atoms with Crippen molar-refractivity contribution in [3.05, 3.63) is 34.6 Å². The van der Waals surface area contributed by atoms with E-state index in [2.05, 4.69) is 10.1 Å². The standard InChI is InChI=1S/C11H11ClFNO3/c1-2-17-9(15)6-14-11(16)7-4-3-5-8(12)10(7)13/h3-5H,2,6H2,1H3,(H,14,16). The normalized spacial score (nSPS) is 9.82. The zero-order valence-electron chi connectivity index (χ0n) is 9.13. The molecule has 17 heavy (non-hydrogen) atoms. The molecule has 0 aliphatic heterocycles. The Kier molecular flexibility index (Phi) is 4.90. The van der Waals surface area contributed by atoms with Gasteiger partial charge in [0.2, 0.25) is 0 Å². The van der Waals surface area contributed by atoms with Gasteiger partial charge in [-0.1, -0.05) is 17.7 Å². The van der Waals surface area contributed by atoms with Gasteiger partial charge in [-0.25, -0.2) is 4.39 Å². The summed E-state index contributed by atoms with van der Waals surface area (Å²) in [5.41, 5.74) is -0.207.